The van der Waals surface area contributed by atoms with Crippen molar-refractivity contribution >= 4 is 40.7 Å². The summed E-state index contributed by atoms with van der Waals surface area (Å²) in [6.45, 7) is 1.01. The van der Waals surface area contributed by atoms with Gasteiger partial charge in [-0.05, 0) is 32.3 Å². The molecule has 1 heterocycles. The van der Waals surface area contributed by atoms with Gasteiger partial charge in [-0.3, -0.25) is 0 Å². The summed E-state index contributed by atoms with van der Waals surface area (Å²) in [6.07, 6.45) is -4.60. The highest BCUT2D eigenvalue weighted by molar-refractivity contribution is 6.35. The quantitative estimate of drug-likeness (QED) is 0.755. The first-order valence-electron chi connectivity index (χ1n) is 7.22. The fourth-order valence-corrected chi connectivity index (χ4v) is 2.20. The summed E-state index contributed by atoms with van der Waals surface area (Å²) in [7, 11) is 3.70. The predicted molar refractivity (Wildman–Crippen MR) is 93.8 cm³/mol. The fourth-order valence-electron chi connectivity index (χ4n) is 1.86. The fraction of sp³-hybridized carbons (Fsp3) is 0.333. The maximum absolute atomic E-state index is 13.1. The lowest BCUT2D eigenvalue weighted by molar-refractivity contribution is -0.141. The van der Waals surface area contributed by atoms with Crippen molar-refractivity contribution in [2.45, 2.75) is 6.18 Å². The minimum Gasteiger partial charge on any atom is -0.353 e. The Morgan fingerprint density at radius 1 is 1.12 bits per heavy atom. The molecule has 0 fully saturated rings. The van der Waals surface area contributed by atoms with Gasteiger partial charge in [0.25, 0.3) is 0 Å². The van der Waals surface area contributed by atoms with Crippen LogP contribution in [-0.2, 0) is 6.18 Å². The van der Waals surface area contributed by atoms with Crippen molar-refractivity contribution in [2.75, 3.05) is 37.8 Å². The number of anilines is 3. The molecule has 0 aliphatic rings. The average Bonchev–Trinajstić information content (AvgIpc) is 2.49. The van der Waals surface area contributed by atoms with Crippen LogP contribution in [0.4, 0.5) is 30.6 Å². The molecule has 10 heteroatoms. The molecular formula is C15H16Cl2F3N5. The van der Waals surface area contributed by atoms with E-state index in [0.717, 1.165) is 6.07 Å². The second-order valence-electron chi connectivity index (χ2n) is 5.44. The molecule has 1 aromatic carbocycles. The molecule has 0 bridgehead atoms. The molecule has 0 aliphatic heterocycles. The van der Waals surface area contributed by atoms with Crippen LogP contribution in [-0.4, -0.2) is 42.1 Å². The van der Waals surface area contributed by atoms with Crippen LogP contribution in [0, 0.1) is 0 Å². The Balaban J connectivity index is 2.30. The molecule has 0 saturated carbocycles. The molecule has 0 atom stereocenters. The number of rotatable bonds is 6. The van der Waals surface area contributed by atoms with Gasteiger partial charge in [0.2, 0.25) is 5.95 Å². The number of likely N-dealkylation sites (N-methyl/N-ethyl adjacent to an activating group) is 1. The summed E-state index contributed by atoms with van der Waals surface area (Å²) in [5.41, 5.74) is -0.712. The monoisotopic (exact) mass is 393 g/mol. The van der Waals surface area contributed by atoms with Crippen molar-refractivity contribution in [3.63, 3.8) is 0 Å². The van der Waals surface area contributed by atoms with Gasteiger partial charge < -0.3 is 15.5 Å². The summed E-state index contributed by atoms with van der Waals surface area (Å²) in [6, 6.07) is 5.42. The first-order chi connectivity index (χ1) is 11.6. The van der Waals surface area contributed by atoms with Gasteiger partial charge in [0.1, 0.15) is 5.82 Å². The van der Waals surface area contributed by atoms with E-state index in [9.17, 15) is 13.2 Å². The van der Waals surface area contributed by atoms with Crippen molar-refractivity contribution in [1.29, 1.82) is 0 Å². The number of halogens is 5. The molecule has 0 aliphatic carbocycles. The third kappa shape index (κ3) is 5.91. The molecular weight excluding hydrogens is 378 g/mol. The minimum absolute atomic E-state index is 0.0427. The molecule has 2 N–H and O–H groups in total. The Morgan fingerprint density at radius 2 is 1.84 bits per heavy atom. The number of benzene rings is 1. The number of aromatic nitrogens is 2. The van der Waals surface area contributed by atoms with Crippen LogP contribution in [0.3, 0.4) is 0 Å². The summed E-state index contributed by atoms with van der Waals surface area (Å²) < 4.78 is 39.2. The lowest BCUT2D eigenvalue weighted by Gasteiger charge is -2.14. The highest BCUT2D eigenvalue weighted by atomic mass is 35.5. The van der Waals surface area contributed by atoms with E-state index in [-0.39, 0.29) is 11.8 Å². The first kappa shape index (κ1) is 19.6. The highest BCUT2D eigenvalue weighted by Crippen LogP contribution is 2.32. The largest absolute Gasteiger partial charge is 0.433 e. The topological polar surface area (TPSA) is 53.1 Å². The molecule has 0 unspecified atom stereocenters. The molecule has 0 amide bonds. The van der Waals surface area contributed by atoms with Crippen molar-refractivity contribution in [2.24, 2.45) is 0 Å². The molecule has 0 radical (unpaired) electrons. The predicted octanol–water partition coefficient (Wildman–Crippen LogP) is 4.52. The van der Waals surface area contributed by atoms with Crippen LogP contribution in [0.5, 0.6) is 0 Å². The van der Waals surface area contributed by atoms with Gasteiger partial charge in [0.05, 0.1) is 10.7 Å². The summed E-state index contributed by atoms with van der Waals surface area (Å²) in [5.74, 6) is -0.170. The molecule has 5 nitrogen and oxygen atoms in total. The van der Waals surface area contributed by atoms with E-state index in [1.807, 2.05) is 19.0 Å². The standard InChI is InChI=1S/C15H16Cl2F3N5/c1-25(2)6-5-21-14-23-12(15(18,19)20)8-13(24-14)22-11-7-9(16)3-4-10(11)17/h3-4,7-8H,5-6H2,1-2H3,(H2,21,22,23,24). The van der Waals surface area contributed by atoms with E-state index in [2.05, 4.69) is 20.6 Å². The van der Waals surface area contributed by atoms with Gasteiger partial charge in [0.15, 0.2) is 5.69 Å². The molecule has 0 spiro atoms. The van der Waals surface area contributed by atoms with Crippen LogP contribution < -0.4 is 10.6 Å². The molecule has 1 aromatic heterocycles. The Hall–Kier alpha value is -1.77. The zero-order chi connectivity index (χ0) is 18.6. The Labute approximate surface area is 153 Å². The van der Waals surface area contributed by atoms with E-state index in [1.165, 1.54) is 12.1 Å². The zero-order valence-electron chi connectivity index (χ0n) is 13.5. The summed E-state index contributed by atoms with van der Waals surface area (Å²) in [5, 5.41) is 6.22. The second kappa shape index (κ2) is 8.07. The molecule has 2 aromatic rings. The molecule has 2 rings (SSSR count). The number of hydrogen-bond donors (Lipinski definition) is 2. The van der Waals surface area contributed by atoms with Crippen molar-refractivity contribution in [3.8, 4) is 0 Å². The molecule has 136 valence electrons. The van der Waals surface area contributed by atoms with Crippen LogP contribution in [0.25, 0.3) is 0 Å². The van der Waals surface area contributed by atoms with Gasteiger partial charge in [-0.25, -0.2) is 4.98 Å². The maximum Gasteiger partial charge on any atom is 0.433 e. The lowest BCUT2D eigenvalue weighted by Crippen LogP contribution is -2.22. The van der Waals surface area contributed by atoms with Crippen molar-refractivity contribution < 1.29 is 13.2 Å². The SMILES string of the molecule is CN(C)CCNc1nc(Nc2cc(Cl)ccc2Cl)cc(C(F)(F)F)n1. The van der Waals surface area contributed by atoms with Gasteiger partial charge in [-0.15, -0.1) is 0 Å². The first-order valence-corrected chi connectivity index (χ1v) is 7.97. The third-order valence-electron chi connectivity index (χ3n) is 3.05. The van der Waals surface area contributed by atoms with Gasteiger partial charge in [-0.1, -0.05) is 23.2 Å². The summed E-state index contributed by atoms with van der Waals surface area (Å²) >= 11 is 11.9. The van der Waals surface area contributed by atoms with Crippen LogP contribution >= 0.6 is 23.2 Å². The maximum atomic E-state index is 13.1. The number of hydrogen-bond acceptors (Lipinski definition) is 5. The average molecular weight is 394 g/mol. The van der Waals surface area contributed by atoms with Crippen molar-refractivity contribution in [3.05, 3.63) is 40.0 Å². The van der Waals surface area contributed by atoms with Crippen LogP contribution in [0.2, 0.25) is 10.0 Å². The smallest absolute Gasteiger partial charge is 0.353 e. The number of alkyl halides is 3. The number of nitrogens with one attached hydrogen (secondary N) is 2. The Morgan fingerprint density at radius 3 is 2.48 bits per heavy atom. The number of nitrogens with zero attached hydrogens (tertiary/aromatic N) is 3. The van der Waals surface area contributed by atoms with Crippen LogP contribution in [0.1, 0.15) is 5.69 Å². The normalized spacial score (nSPS) is 11.7. The van der Waals surface area contributed by atoms with Crippen LogP contribution in [0.15, 0.2) is 24.3 Å². The highest BCUT2D eigenvalue weighted by Gasteiger charge is 2.33. The van der Waals surface area contributed by atoms with E-state index < -0.39 is 11.9 Å². The minimum atomic E-state index is -4.60. The summed E-state index contributed by atoms with van der Waals surface area (Å²) in [4.78, 5) is 9.46. The zero-order valence-corrected chi connectivity index (χ0v) is 15.0. The van der Waals surface area contributed by atoms with E-state index in [1.54, 1.807) is 6.07 Å². The van der Waals surface area contributed by atoms with Gasteiger partial charge in [-0.2, -0.15) is 18.2 Å². The van der Waals surface area contributed by atoms with Crippen molar-refractivity contribution in [1.82, 2.24) is 14.9 Å². The van der Waals surface area contributed by atoms with E-state index in [4.69, 9.17) is 23.2 Å². The Kier molecular flexibility index (Phi) is 6.31. The van der Waals surface area contributed by atoms with Gasteiger partial charge in [0, 0.05) is 24.2 Å². The van der Waals surface area contributed by atoms with E-state index >= 15 is 0 Å². The Bertz CT molecular complexity index is 738. The van der Waals surface area contributed by atoms with E-state index in [0.29, 0.717) is 28.8 Å². The third-order valence-corrected chi connectivity index (χ3v) is 3.61. The molecule has 0 saturated heterocycles. The van der Waals surface area contributed by atoms with Gasteiger partial charge >= 0.3 is 6.18 Å². The second-order valence-corrected chi connectivity index (χ2v) is 6.28. The lowest BCUT2D eigenvalue weighted by atomic mass is 10.3. The molecule has 25 heavy (non-hydrogen) atoms.